The number of hydrogen-bond donors (Lipinski definition) is 2. The summed E-state index contributed by atoms with van der Waals surface area (Å²) in [6.07, 6.45) is 1.18. The molecule has 1 heterocycles. The third-order valence-corrected chi connectivity index (χ3v) is 3.83. The molecule has 26 heavy (non-hydrogen) atoms. The van der Waals surface area contributed by atoms with Gasteiger partial charge in [-0.05, 0) is 17.7 Å². The van der Waals surface area contributed by atoms with Crippen molar-refractivity contribution >= 4 is 22.7 Å². The predicted molar refractivity (Wildman–Crippen MR) is 97.3 cm³/mol. The van der Waals surface area contributed by atoms with Crippen molar-refractivity contribution in [1.82, 2.24) is 20.4 Å². The van der Waals surface area contributed by atoms with E-state index in [9.17, 15) is 14.4 Å². The Morgan fingerprint density at radius 3 is 2.46 bits per heavy atom. The Bertz CT molecular complexity index is 983. The van der Waals surface area contributed by atoms with Crippen LogP contribution in [0.15, 0.2) is 65.6 Å². The highest BCUT2D eigenvalue weighted by atomic mass is 16.2. The van der Waals surface area contributed by atoms with E-state index >= 15 is 0 Å². The number of fused-ring (bicyclic) bond motifs is 1. The molecule has 0 atom stereocenters. The zero-order chi connectivity index (χ0) is 18.4. The van der Waals surface area contributed by atoms with Crippen LogP contribution in [0.2, 0.25) is 0 Å². The lowest BCUT2D eigenvalue weighted by Crippen LogP contribution is -2.38. The maximum absolute atomic E-state index is 12.1. The Morgan fingerprint density at radius 1 is 0.923 bits per heavy atom. The van der Waals surface area contributed by atoms with E-state index in [0.29, 0.717) is 17.4 Å². The maximum Gasteiger partial charge on any atom is 0.242 e. The molecule has 0 bridgehead atoms. The van der Waals surface area contributed by atoms with Crippen molar-refractivity contribution in [3.8, 4) is 0 Å². The minimum atomic E-state index is -0.360. The molecule has 2 N–H and O–H groups in total. The fraction of sp³-hybridized carbons (Fsp3) is 0.158. The van der Waals surface area contributed by atoms with Gasteiger partial charge in [0.15, 0.2) is 0 Å². The molecule has 0 fully saturated rings. The van der Waals surface area contributed by atoms with Crippen molar-refractivity contribution in [3.05, 3.63) is 76.6 Å². The van der Waals surface area contributed by atoms with Crippen LogP contribution in [0.1, 0.15) is 5.56 Å². The van der Waals surface area contributed by atoms with Gasteiger partial charge in [-0.25, -0.2) is 0 Å². The smallest absolute Gasteiger partial charge is 0.242 e. The lowest BCUT2D eigenvalue weighted by molar-refractivity contribution is -0.126. The van der Waals surface area contributed by atoms with Crippen LogP contribution in [-0.2, 0) is 22.7 Å². The fourth-order valence-corrected chi connectivity index (χ4v) is 2.52. The number of hydrogen-bond acceptors (Lipinski definition) is 4. The summed E-state index contributed by atoms with van der Waals surface area (Å²) in [4.78, 5) is 35.7. The Morgan fingerprint density at radius 2 is 1.65 bits per heavy atom. The molecular weight excluding hydrogens is 332 g/mol. The molecule has 0 saturated heterocycles. The van der Waals surface area contributed by atoms with E-state index in [4.69, 9.17) is 0 Å². The Labute approximate surface area is 149 Å². The summed E-state index contributed by atoms with van der Waals surface area (Å²) in [6.45, 7) is 0.206. The van der Waals surface area contributed by atoms with Crippen LogP contribution in [0.5, 0.6) is 0 Å². The summed E-state index contributed by atoms with van der Waals surface area (Å²) in [5, 5.41) is 9.78. The van der Waals surface area contributed by atoms with Crippen molar-refractivity contribution in [2.75, 3.05) is 6.54 Å². The van der Waals surface area contributed by atoms with Crippen LogP contribution in [0.25, 0.3) is 10.9 Å². The van der Waals surface area contributed by atoms with E-state index in [0.717, 1.165) is 5.56 Å². The molecule has 7 nitrogen and oxygen atoms in total. The molecule has 0 unspecified atom stereocenters. The Balaban J connectivity index is 1.54. The van der Waals surface area contributed by atoms with Crippen molar-refractivity contribution in [3.63, 3.8) is 0 Å². The molecule has 0 aliphatic carbocycles. The van der Waals surface area contributed by atoms with Gasteiger partial charge in [0.1, 0.15) is 6.54 Å². The van der Waals surface area contributed by atoms with Gasteiger partial charge in [0.2, 0.25) is 17.2 Å². The first-order chi connectivity index (χ1) is 12.6. The first-order valence-corrected chi connectivity index (χ1v) is 8.15. The van der Waals surface area contributed by atoms with E-state index in [1.807, 2.05) is 30.3 Å². The summed E-state index contributed by atoms with van der Waals surface area (Å²) in [5.74, 6) is -0.638. The van der Waals surface area contributed by atoms with Crippen molar-refractivity contribution in [2.24, 2.45) is 0 Å². The first kappa shape index (κ1) is 17.3. The number of rotatable bonds is 6. The second-order valence-electron chi connectivity index (χ2n) is 5.72. The zero-order valence-corrected chi connectivity index (χ0v) is 14.0. The molecule has 3 rings (SSSR count). The summed E-state index contributed by atoms with van der Waals surface area (Å²) in [6, 6.07) is 16.4. The van der Waals surface area contributed by atoms with Crippen LogP contribution in [0, 0.1) is 0 Å². The third kappa shape index (κ3) is 4.32. The average molecular weight is 350 g/mol. The number of amides is 2. The SMILES string of the molecule is O=C(CNC(=O)Cn1ncc(=O)c2ccccc21)NCc1ccccc1. The fourth-order valence-electron chi connectivity index (χ4n) is 2.52. The molecule has 3 aromatic rings. The van der Waals surface area contributed by atoms with E-state index in [1.54, 1.807) is 24.3 Å². The minimum Gasteiger partial charge on any atom is -0.350 e. The lowest BCUT2D eigenvalue weighted by atomic mass is 10.2. The van der Waals surface area contributed by atoms with Crippen LogP contribution in [0.3, 0.4) is 0 Å². The van der Waals surface area contributed by atoms with Crippen molar-refractivity contribution in [1.29, 1.82) is 0 Å². The van der Waals surface area contributed by atoms with Gasteiger partial charge >= 0.3 is 0 Å². The topological polar surface area (TPSA) is 93.1 Å². The normalized spacial score (nSPS) is 10.5. The average Bonchev–Trinajstić information content (AvgIpc) is 2.68. The maximum atomic E-state index is 12.1. The molecule has 0 radical (unpaired) electrons. The van der Waals surface area contributed by atoms with E-state index < -0.39 is 0 Å². The van der Waals surface area contributed by atoms with Gasteiger partial charge in [0.25, 0.3) is 0 Å². The van der Waals surface area contributed by atoms with E-state index in [1.165, 1.54) is 10.9 Å². The molecule has 132 valence electrons. The van der Waals surface area contributed by atoms with Gasteiger partial charge in [-0.15, -0.1) is 0 Å². The van der Waals surface area contributed by atoms with Gasteiger partial charge in [-0.1, -0.05) is 42.5 Å². The second kappa shape index (κ2) is 8.06. The number of benzene rings is 2. The number of aromatic nitrogens is 2. The van der Waals surface area contributed by atoms with Gasteiger partial charge in [-0.3, -0.25) is 19.1 Å². The third-order valence-electron chi connectivity index (χ3n) is 3.83. The van der Waals surface area contributed by atoms with Gasteiger partial charge in [0.05, 0.1) is 18.3 Å². The summed E-state index contributed by atoms with van der Waals surface area (Å²) < 4.78 is 1.44. The molecule has 2 aromatic carbocycles. The van der Waals surface area contributed by atoms with Gasteiger partial charge in [-0.2, -0.15) is 5.10 Å². The van der Waals surface area contributed by atoms with Crippen LogP contribution in [-0.4, -0.2) is 28.1 Å². The van der Waals surface area contributed by atoms with Gasteiger partial charge < -0.3 is 10.6 Å². The monoisotopic (exact) mass is 350 g/mol. The standard InChI is InChI=1S/C19H18N4O3/c24-17-11-22-23(16-9-5-4-8-15(16)17)13-19(26)21-12-18(25)20-10-14-6-2-1-3-7-14/h1-9,11H,10,12-13H2,(H,20,25)(H,21,26). The number of nitrogens with zero attached hydrogens (tertiary/aromatic N) is 2. The molecule has 0 aliphatic heterocycles. The number of carbonyl (C=O) groups excluding carboxylic acids is 2. The number of para-hydroxylation sites is 1. The highest BCUT2D eigenvalue weighted by molar-refractivity contribution is 5.85. The Kier molecular flexibility index (Phi) is 5.38. The lowest BCUT2D eigenvalue weighted by Gasteiger charge is -2.10. The quantitative estimate of drug-likeness (QED) is 0.689. The highest BCUT2D eigenvalue weighted by Gasteiger charge is 2.09. The first-order valence-electron chi connectivity index (χ1n) is 8.15. The molecular formula is C19H18N4O3. The molecule has 7 heteroatoms. The Hall–Kier alpha value is -3.48. The van der Waals surface area contributed by atoms with E-state index in [2.05, 4.69) is 15.7 Å². The number of carbonyl (C=O) groups is 2. The zero-order valence-electron chi connectivity index (χ0n) is 14.0. The van der Waals surface area contributed by atoms with Gasteiger partial charge in [0, 0.05) is 11.9 Å². The summed E-state index contributed by atoms with van der Waals surface area (Å²) in [5.41, 5.74) is 1.36. The van der Waals surface area contributed by atoms with E-state index in [-0.39, 0.29) is 30.3 Å². The minimum absolute atomic E-state index is 0.0766. The van der Waals surface area contributed by atoms with Crippen molar-refractivity contribution < 1.29 is 9.59 Å². The molecule has 0 aliphatic rings. The second-order valence-corrected chi connectivity index (χ2v) is 5.72. The number of nitrogens with one attached hydrogen (secondary N) is 2. The van der Waals surface area contributed by atoms with Crippen LogP contribution < -0.4 is 16.1 Å². The van der Waals surface area contributed by atoms with Crippen molar-refractivity contribution in [2.45, 2.75) is 13.1 Å². The van der Waals surface area contributed by atoms with Crippen LogP contribution in [0.4, 0.5) is 0 Å². The molecule has 0 spiro atoms. The predicted octanol–water partition coefficient (Wildman–Crippen LogP) is 0.829. The van der Waals surface area contributed by atoms with Crippen LogP contribution >= 0.6 is 0 Å². The summed E-state index contributed by atoms with van der Waals surface area (Å²) in [7, 11) is 0. The molecule has 1 aromatic heterocycles. The molecule has 2 amide bonds. The molecule has 0 saturated carbocycles. The highest BCUT2D eigenvalue weighted by Crippen LogP contribution is 2.07. The summed E-state index contributed by atoms with van der Waals surface area (Å²) >= 11 is 0. The largest absolute Gasteiger partial charge is 0.350 e.